The van der Waals surface area contributed by atoms with Crippen LogP contribution in [0.25, 0.3) is 0 Å². The molecule has 4 heteroatoms. The summed E-state index contributed by atoms with van der Waals surface area (Å²) >= 11 is 0. The van der Waals surface area contributed by atoms with Gasteiger partial charge in [-0.3, -0.25) is 0 Å². The molecule has 1 aliphatic carbocycles. The fraction of sp³-hybridized carbons (Fsp3) is 0.923. The van der Waals surface area contributed by atoms with Crippen molar-refractivity contribution in [3.05, 3.63) is 0 Å². The molecule has 0 bridgehead atoms. The molecule has 1 N–H and O–H groups in total. The second-order valence-electron chi connectivity index (χ2n) is 5.18. The first-order chi connectivity index (χ1) is 8.30. The van der Waals surface area contributed by atoms with Gasteiger partial charge in [-0.05, 0) is 44.6 Å². The Morgan fingerprint density at radius 1 is 1.35 bits per heavy atom. The molecular weight excluding hydrogens is 216 g/mol. The molecule has 4 nitrogen and oxygen atoms in total. The van der Waals surface area contributed by atoms with Gasteiger partial charge < -0.3 is 14.8 Å². The van der Waals surface area contributed by atoms with Gasteiger partial charge in [-0.25, -0.2) is 0 Å². The summed E-state index contributed by atoms with van der Waals surface area (Å²) in [6.07, 6.45) is 4.47. The molecule has 0 aromatic rings. The van der Waals surface area contributed by atoms with Crippen LogP contribution < -0.4 is 5.32 Å². The molecule has 0 spiro atoms. The normalized spacial score (nSPS) is 25.2. The summed E-state index contributed by atoms with van der Waals surface area (Å²) in [7, 11) is 1.86. The van der Waals surface area contributed by atoms with E-state index < -0.39 is 5.54 Å². The summed E-state index contributed by atoms with van der Waals surface area (Å²) in [4.78, 5) is 0. The fourth-order valence-electron chi connectivity index (χ4n) is 2.45. The second kappa shape index (κ2) is 5.81. The Balaban J connectivity index is 1.74. The molecule has 1 heterocycles. The van der Waals surface area contributed by atoms with Crippen LogP contribution in [0.2, 0.25) is 0 Å². The highest BCUT2D eigenvalue weighted by molar-refractivity contribution is 5.14. The molecule has 1 aliphatic heterocycles. The fourth-order valence-corrected chi connectivity index (χ4v) is 2.45. The van der Waals surface area contributed by atoms with Gasteiger partial charge in [-0.2, -0.15) is 5.26 Å². The third-order valence-electron chi connectivity index (χ3n) is 3.94. The van der Waals surface area contributed by atoms with E-state index in [1.54, 1.807) is 0 Å². The molecule has 1 saturated carbocycles. The van der Waals surface area contributed by atoms with Crippen molar-refractivity contribution in [2.75, 3.05) is 33.5 Å². The quantitative estimate of drug-likeness (QED) is 0.758. The lowest BCUT2D eigenvalue weighted by atomic mass is 9.96. The molecule has 1 saturated heterocycles. The highest BCUT2D eigenvalue weighted by Crippen LogP contribution is 2.39. The highest BCUT2D eigenvalue weighted by Gasteiger charge is 2.45. The van der Waals surface area contributed by atoms with Gasteiger partial charge in [0.05, 0.1) is 12.7 Å². The summed E-state index contributed by atoms with van der Waals surface area (Å²) in [6.45, 7) is 2.99. The van der Waals surface area contributed by atoms with Crippen molar-refractivity contribution in [1.29, 1.82) is 5.26 Å². The molecule has 17 heavy (non-hydrogen) atoms. The third-order valence-corrected chi connectivity index (χ3v) is 3.94. The van der Waals surface area contributed by atoms with Crippen molar-refractivity contribution in [2.24, 2.45) is 11.8 Å². The van der Waals surface area contributed by atoms with Crippen molar-refractivity contribution < 1.29 is 9.47 Å². The van der Waals surface area contributed by atoms with E-state index in [-0.39, 0.29) is 0 Å². The summed E-state index contributed by atoms with van der Waals surface area (Å²) in [6, 6.07) is 2.40. The molecule has 0 aromatic heterocycles. The van der Waals surface area contributed by atoms with E-state index in [2.05, 4.69) is 11.4 Å². The lowest BCUT2D eigenvalue weighted by Crippen LogP contribution is -2.48. The van der Waals surface area contributed by atoms with E-state index in [1.807, 2.05) is 7.05 Å². The zero-order valence-corrected chi connectivity index (χ0v) is 10.6. The molecular formula is C13H22N2O2. The predicted molar refractivity (Wildman–Crippen MR) is 64.5 cm³/mol. The Morgan fingerprint density at radius 3 is 2.59 bits per heavy atom. The Labute approximate surface area is 103 Å². The zero-order valence-electron chi connectivity index (χ0n) is 10.6. The average Bonchev–Trinajstić information content (AvgIpc) is 3.21. The molecule has 0 amide bonds. The summed E-state index contributed by atoms with van der Waals surface area (Å²) < 4.78 is 11.1. The van der Waals surface area contributed by atoms with Gasteiger partial charge in [-0.15, -0.1) is 0 Å². The molecule has 0 aromatic carbocycles. The van der Waals surface area contributed by atoms with Gasteiger partial charge in [0.1, 0.15) is 5.54 Å². The van der Waals surface area contributed by atoms with Gasteiger partial charge in [0, 0.05) is 19.8 Å². The van der Waals surface area contributed by atoms with E-state index >= 15 is 0 Å². The first kappa shape index (κ1) is 12.8. The van der Waals surface area contributed by atoms with Gasteiger partial charge >= 0.3 is 0 Å². The third kappa shape index (κ3) is 3.19. The number of ether oxygens (including phenoxy) is 2. The van der Waals surface area contributed by atoms with Gasteiger partial charge in [0.25, 0.3) is 0 Å². The minimum absolute atomic E-state index is 0.453. The smallest absolute Gasteiger partial charge is 0.132 e. The van der Waals surface area contributed by atoms with Gasteiger partial charge in [0.15, 0.2) is 0 Å². The molecule has 1 atom stereocenters. The molecule has 0 radical (unpaired) electrons. The summed E-state index contributed by atoms with van der Waals surface area (Å²) in [5.74, 6) is 1.09. The van der Waals surface area contributed by atoms with Crippen LogP contribution in [0, 0.1) is 23.2 Å². The van der Waals surface area contributed by atoms with E-state index in [9.17, 15) is 5.26 Å². The van der Waals surface area contributed by atoms with Crippen LogP contribution in [-0.2, 0) is 9.47 Å². The lowest BCUT2D eigenvalue weighted by molar-refractivity contribution is 0.00720. The topological polar surface area (TPSA) is 54.3 Å². The number of nitrogens with zero attached hydrogens (tertiary/aromatic N) is 1. The molecule has 96 valence electrons. The van der Waals surface area contributed by atoms with Crippen LogP contribution in [0.4, 0.5) is 0 Å². The maximum atomic E-state index is 9.31. The largest absolute Gasteiger partial charge is 0.381 e. The standard InChI is InChI=1S/C13H22N2O2/c1-15-13(9-14,12-2-3-12)10-17-8-11-4-6-16-7-5-11/h11-12,15H,2-8,10H2,1H3. The zero-order chi connectivity index (χ0) is 12.1. The predicted octanol–water partition coefficient (Wildman–Crippen LogP) is 1.32. The second-order valence-corrected chi connectivity index (χ2v) is 5.18. The Bertz CT molecular complexity index is 280. The monoisotopic (exact) mass is 238 g/mol. The van der Waals surface area contributed by atoms with Crippen molar-refractivity contribution in [1.82, 2.24) is 5.32 Å². The number of rotatable bonds is 6. The molecule has 2 aliphatic rings. The number of nitriles is 1. The minimum Gasteiger partial charge on any atom is -0.381 e. The minimum atomic E-state index is -0.453. The first-order valence-corrected chi connectivity index (χ1v) is 6.56. The van der Waals surface area contributed by atoms with E-state index in [1.165, 1.54) is 0 Å². The number of nitrogens with one attached hydrogen (secondary N) is 1. The Morgan fingerprint density at radius 2 is 2.06 bits per heavy atom. The van der Waals surface area contributed by atoms with Gasteiger partial charge in [-0.1, -0.05) is 0 Å². The van der Waals surface area contributed by atoms with E-state index in [0.717, 1.165) is 45.5 Å². The molecule has 1 unspecified atom stereocenters. The number of hydrogen-bond acceptors (Lipinski definition) is 4. The van der Waals surface area contributed by atoms with E-state index in [0.29, 0.717) is 18.4 Å². The lowest BCUT2D eigenvalue weighted by Gasteiger charge is -2.28. The van der Waals surface area contributed by atoms with Crippen LogP contribution in [0.3, 0.4) is 0 Å². The van der Waals surface area contributed by atoms with Crippen LogP contribution in [0.15, 0.2) is 0 Å². The van der Waals surface area contributed by atoms with Crippen molar-refractivity contribution in [2.45, 2.75) is 31.2 Å². The average molecular weight is 238 g/mol. The molecule has 2 rings (SSSR count). The van der Waals surface area contributed by atoms with Crippen molar-refractivity contribution >= 4 is 0 Å². The first-order valence-electron chi connectivity index (χ1n) is 6.56. The van der Waals surface area contributed by atoms with Gasteiger partial charge in [0.2, 0.25) is 0 Å². The SMILES string of the molecule is CNC(C#N)(COCC1CCOCC1)C1CC1. The van der Waals surface area contributed by atoms with Crippen LogP contribution in [-0.4, -0.2) is 39.0 Å². The van der Waals surface area contributed by atoms with Crippen LogP contribution >= 0.6 is 0 Å². The van der Waals surface area contributed by atoms with Crippen LogP contribution in [0.1, 0.15) is 25.7 Å². The molecule has 2 fully saturated rings. The number of hydrogen-bond donors (Lipinski definition) is 1. The summed E-state index contributed by atoms with van der Waals surface area (Å²) in [5.41, 5.74) is -0.453. The van der Waals surface area contributed by atoms with Crippen molar-refractivity contribution in [3.8, 4) is 6.07 Å². The highest BCUT2D eigenvalue weighted by atomic mass is 16.5. The van der Waals surface area contributed by atoms with Crippen LogP contribution in [0.5, 0.6) is 0 Å². The maximum Gasteiger partial charge on any atom is 0.132 e. The van der Waals surface area contributed by atoms with Crippen molar-refractivity contribution in [3.63, 3.8) is 0 Å². The summed E-state index contributed by atoms with van der Waals surface area (Å²) in [5, 5.41) is 12.5. The Hall–Kier alpha value is -0.630. The number of likely N-dealkylation sites (N-methyl/N-ethyl adjacent to an activating group) is 1. The Kier molecular flexibility index (Phi) is 4.38. The van der Waals surface area contributed by atoms with E-state index in [4.69, 9.17) is 9.47 Å². The maximum absolute atomic E-state index is 9.31.